The van der Waals surface area contributed by atoms with Crippen LogP contribution in [0.3, 0.4) is 0 Å². The van der Waals surface area contributed by atoms with Gasteiger partial charge in [-0.2, -0.15) is 0 Å². The fourth-order valence-corrected chi connectivity index (χ4v) is 2.37. The first-order chi connectivity index (χ1) is 10.0. The second kappa shape index (κ2) is 5.10. The standard InChI is InChI=1S/C15H11ClN2O3/c16-9-1-4-13(19)8(5-9)7-17-10-2-3-11-12(6-10)15(21)18-14(11)20/h1-6,17,19H,7H2,(H,18,20,21). The lowest BCUT2D eigenvalue weighted by Gasteiger charge is -2.09. The molecule has 2 aromatic carbocycles. The van der Waals surface area contributed by atoms with Crippen molar-refractivity contribution in [3.8, 4) is 5.75 Å². The average Bonchev–Trinajstić information content (AvgIpc) is 2.75. The summed E-state index contributed by atoms with van der Waals surface area (Å²) >= 11 is 5.88. The topological polar surface area (TPSA) is 78.4 Å². The van der Waals surface area contributed by atoms with Crippen molar-refractivity contribution >= 4 is 29.1 Å². The van der Waals surface area contributed by atoms with Crippen LogP contribution in [0.1, 0.15) is 26.3 Å². The van der Waals surface area contributed by atoms with Gasteiger partial charge in [0.05, 0.1) is 11.1 Å². The molecule has 106 valence electrons. The molecule has 6 heteroatoms. The van der Waals surface area contributed by atoms with E-state index in [4.69, 9.17) is 11.6 Å². The Morgan fingerprint density at radius 2 is 1.81 bits per heavy atom. The zero-order valence-electron chi connectivity index (χ0n) is 10.8. The molecule has 0 bridgehead atoms. The Morgan fingerprint density at radius 3 is 2.62 bits per heavy atom. The first-order valence-electron chi connectivity index (χ1n) is 6.25. The van der Waals surface area contributed by atoms with Gasteiger partial charge in [-0.25, -0.2) is 0 Å². The second-order valence-corrected chi connectivity index (χ2v) is 5.11. The molecule has 0 fully saturated rings. The van der Waals surface area contributed by atoms with E-state index in [1.807, 2.05) is 0 Å². The maximum absolute atomic E-state index is 11.6. The van der Waals surface area contributed by atoms with Crippen LogP contribution in [0.15, 0.2) is 36.4 Å². The summed E-state index contributed by atoms with van der Waals surface area (Å²) in [7, 11) is 0. The zero-order valence-corrected chi connectivity index (χ0v) is 11.6. The third kappa shape index (κ3) is 2.55. The Bertz CT molecular complexity index is 759. The first-order valence-corrected chi connectivity index (χ1v) is 6.63. The van der Waals surface area contributed by atoms with E-state index < -0.39 is 5.91 Å². The number of benzene rings is 2. The molecule has 2 amide bonds. The molecule has 1 aliphatic rings. The van der Waals surface area contributed by atoms with Crippen molar-refractivity contribution in [1.82, 2.24) is 5.32 Å². The van der Waals surface area contributed by atoms with Crippen molar-refractivity contribution in [2.24, 2.45) is 0 Å². The van der Waals surface area contributed by atoms with Crippen LogP contribution < -0.4 is 10.6 Å². The Hall–Kier alpha value is -2.53. The van der Waals surface area contributed by atoms with Gasteiger partial charge in [0.25, 0.3) is 11.8 Å². The van der Waals surface area contributed by atoms with E-state index in [-0.39, 0.29) is 11.7 Å². The molecular formula is C15H11ClN2O3. The van der Waals surface area contributed by atoms with Gasteiger partial charge in [0.2, 0.25) is 0 Å². The van der Waals surface area contributed by atoms with Gasteiger partial charge in [-0.3, -0.25) is 14.9 Å². The van der Waals surface area contributed by atoms with Crippen molar-refractivity contribution < 1.29 is 14.7 Å². The number of carbonyl (C=O) groups is 2. The number of amides is 2. The smallest absolute Gasteiger partial charge is 0.259 e. The van der Waals surface area contributed by atoms with Crippen LogP contribution in [-0.2, 0) is 6.54 Å². The van der Waals surface area contributed by atoms with E-state index in [9.17, 15) is 14.7 Å². The third-order valence-electron chi connectivity index (χ3n) is 3.26. The highest BCUT2D eigenvalue weighted by Gasteiger charge is 2.26. The summed E-state index contributed by atoms with van der Waals surface area (Å²) in [5.41, 5.74) is 2.04. The Balaban J connectivity index is 1.80. The number of fused-ring (bicyclic) bond motifs is 1. The summed E-state index contributed by atoms with van der Waals surface area (Å²) in [4.78, 5) is 23.0. The van der Waals surface area contributed by atoms with Gasteiger partial charge in [-0.05, 0) is 36.4 Å². The van der Waals surface area contributed by atoms with Crippen molar-refractivity contribution in [3.63, 3.8) is 0 Å². The fourth-order valence-electron chi connectivity index (χ4n) is 2.17. The lowest BCUT2D eigenvalue weighted by Crippen LogP contribution is -2.19. The van der Waals surface area contributed by atoms with E-state index in [1.54, 1.807) is 30.3 Å². The molecular weight excluding hydrogens is 292 g/mol. The molecule has 0 aromatic heterocycles. The fraction of sp³-hybridized carbons (Fsp3) is 0.0667. The van der Waals surface area contributed by atoms with Crippen LogP contribution in [0.2, 0.25) is 5.02 Å². The molecule has 0 saturated carbocycles. The van der Waals surface area contributed by atoms with Gasteiger partial charge >= 0.3 is 0 Å². The summed E-state index contributed by atoms with van der Waals surface area (Å²) in [5, 5.41) is 15.6. The van der Waals surface area contributed by atoms with Crippen molar-refractivity contribution in [2.45, 2.75) is 6.54 Å². The van der Waals surface area contributed by atoms with Crippen LogP contribution in [0.4, 0.5) is 5.69 Å². The molecule has 0 aliphatic carbocycles. The molecule has 0 spiro atoms. The highest BCUT2D eigenvalue weighted by Crippen LogP contribution is 2.24. The minimum absolute atomic E-state index is 0.140. The number of imide groups is 1. The molecule has 1 heterocycles. The van der Waals surface area contributed by atoms with E-state index in [2.05, 4.69) is 10.6 Å². The summed E-state index contributed by atoms with van der Waals surface area (Å²) in [6, 6.07) is 9.69. The van der Waals surface area contributed by atoms with E-state index in [0.717, 1.165) is 0 Å². The number of phenolic OH excluding ortho intramolecular Hbond substituents is 1. The lowest BCUT2D eigenvalue weighted by atomic mass is 10.1. The quantitative estimate of drug-likeness (QED) is 0.761. The molecule has 2 aromatic rings. The van der Waals surface area contributed by atoms with Gasteiger partial charge in [0, 0.05) is 22.8 Å². The van der Waals surface area contributed by atoms with Crippen molar-refractivity contribution in [1.29, 1.82) is 0 Å². The summed E-state index contributed by atoms with van der Waals surface area (Å²) < 4.78 is 0. The van der Waals surface area contributed by atoms with Crippen LogP contribution in [-0.4, -0.2) is 16.9 Å². The molecule has 3 rings (SSSR count). The monoisotopic (exact) mass is 302 g/mol. The maximum atomic E-state index is 11.6. The SMILES string of the molecule is O=C1NC(=O)c2cc(NCc3cc(Cl)ccc3O)ccc21. The summed E-state index contributed by atoms with van der Waals surface area (Å²) in [6.45, 7) is 0.348. The number of hydrogen-bond donors (Lipinski definition) is 3. The number of halogens is 1. The Morgan fingerprint density at radius 1 is 1.05 bits per heavy atom. The molecule has 3 N–H and O–H groups in total. The lowest BCUT2D eigenvalue weighted by molar-refractivity contribution is 0.0879. The van der Waals surface area contributed by atoms with Gasteiger partial charge in [0.1, 0.15) is 5.75 Å². The van der Waals surface area contributed by atoms with Crippen molar-refractivity contribution in [2.75, 3.05) is 5.32 Å². The molecule has 5 nitrogen and oxygen atoms in total. The molecule has 0 atom stereocenters. The summed E-state index contributed by atoms with van der Waals surface area (Å²) in [6.07, 6.45) is 0. The molecule has 1 aliphatic heterocycles. The Labute approximate surface area is 125 Å². The second-order valence-electron chi connectivity index (χ2n) is 4.67. The number of carbonyl (C=O) groups excluding carboxylic acids is 2. The third-order valence-corrected chi connectivity index (χ3v) is 3.50. The maximum Gasteiger partial charge on any atom is 0.259 e. The van der Waals surface area contributed by atoms with Crippen LogP contribution in [0.25, 0.3) is 0 Å². The van der Waals surface area contributed by atoms with Crippen molar-refractivity contribution in [3.05, 3.63) is 58.1 Å². The van der Waals surface area contributed by atoms with Gasteiger partial charge < -0.3 is 10.4 Å². The number of phenols is 1. The van der Waals surface area contributed by atoms with E-state index >= 15 is 0 Å². The molecule has 0 unspecified atom stereocenters. The average molecular weight is 303 g/mol. The van der Waals surface area contributed by atoms with Crippen LogP contribution >= 0.6 is 11.6 Å². The number of hydrogen-bond acceptors (Lipinski definition) is 4. The van der Waals surface area contributed by atoms with Gasteiger partial charge in [0.15, 0.2) is 0 Å². The molecule has 0 radical (unpaired) electrons. The molecule has 21 heavy (non-hydrogen) atoms. The Kier molecular flexibility index (Phi) is 3.27. The van der Waals surface area contributed by atoms with Gasteiger partial charge in [-0.15, -0.1) is 0 Å². The number of nitrogens with one attached hydrogen (secondary N) is 2. The normalized spacial score (nSPS) is 13.0. The molecule has 0 saturated heterocycles. The van der Waals surface area contributed by atoms with E-state index in [1.165, 1.54) is 6.07 Å². The number of rotatable bonds is 3. The van der Waals surface area contributed by atoms with Crippen LogP contribution in [0, 0.1) is 0 Å². The number of anilines is 1. The first kappa shape index (κ1) is 13.5. The highest BCUT2D eigenvalue weighted by atomic mass is 35.5. The minimum Gasteiger partial charge on any atom is -0.508 e. The minimum atomic E-state index is -0.399. The van der Waals surface area contributed by atoms with E-state index in [0.29, 0.717) is 33.9 Å². The zero-order chi connectivity index (χ0) is 15.0. The predicted molar refractivity (Wildman–Crippen MR) is 78.7 cm³/mol. The van der Waals surface area contributed by atoms with Crippen LogP contribution in [0.5, 0.6) is 5.75 Å². The summed E-state index contributed by atoms with van der Waals surface area (Å²) in [5.74, 6) is -0.640. The number of aromatic hydroxyl groups is 1. The van der Waals surface area contributed by atoms with Gasteiger partial charge in [-0.1, -0.05) is 11.6 Å². The highest BCUT2D eigenvalue weighted by molar-refractivity contribution is 6.30. The predicted octanol–water partition coefficient (Wildman–Crippen LogP) is 2.54. The largest absolute Gasteiger partial charge is 0.508 e.